The molecule has 0 aliphatic carbocycles. The number of benzene rings is 1. The lowest BCUT2D eigenvalue weighted by molar-refractivity contribution is -0.145. The van der Waals surface area contributed by atoms with E-state index >= 15 is 0 Å². The van der Waals surface area contributed by atoms with Crippen LogP contribution >= 0.6 is 11.6 Å². The summed E-state index contributed by atoms with van der Waals surface area (Å²) in [5.74, 6) is -0.796. The number of esters is 1. The number of carbonyl (C=O) groups excluding carboxylic acids is 2. The zero-order chi connectivity index (χ0) is 18.2. The summed E-state index contributed by atoms with van der Waals surface area (Å²) in [6, 6.07) is 7.11. The maximum atomic E-state index is 12.3. The van der Waals surface area contributed by atoms with E-state index in [2.05, 4.69) is 5.32 Å². The summed E-state index contributed by atoms with van der Waals surface area (Å²) in [4.78, 5) is 24.0. The molecule has 0 bridgehead atoms. The molecule has 0 aromatic heterocycles. The number of ether oxygens (including phenoxy) is 2. The van der Waals surface area contributed by atoms with Gasteiger partial charge in [-0.25, -0.2) is 4.79 Å². The van der Waals surface area contributed by atoms with Gasteiger partial charge in [0.15, 0.2) is 0 Å². The van der Waals surface area contributed by atoms with Crippen molar-refractivity contribution < 1.29 is 19.1 Å². The molecule has 6 heteroatoms. The maximum Gasteiger partial charge on any atom is 0.407 e. The predicted octanol–water partition coefficient (Wildman–Crippen LogP) is 4.29. The molecule has 1 aromatic rings. The van der Waals surface area contributed by atoms with Gasteiger partial charge in [0, 0.05) is 11.6 Å². The molecule has 1 amide bonds. The fraction of sp³-hybridized carbons (Fsp3) is 0.556. The van der Waals surface area contributed by atoms with Crippen molar-refractivity contribution in [3.63, 3.8) is 0 Å². The molecular formula is C18H26ClNO4. The molecule has 5 nitrogen and oxygen atoms in total. The molecule has 0 saturated carbocycles. The Hall–Kier alpha value is -1.75. The van der Waals surface area contributed by atoms with Gasteiger partial charge in [-0.3, -0.25) is 4.79 Å². The first kappa shape index (κ1) is 20.3. The normalized spacial score (nSPS) is 12.4. The first-order valence-electron chi connectivity index (χ1n) is 8.12. The van der Waals surface area contributed by atoms with Crippen molar-refractivity contribution in [2.45, 2.75) is 52.1 Å². The molecule has 134 valence electrons. The van der Waals surface area contributed by atoms with Gasteiger partial charge >= 0.3 is 12.1 Å². The number of hydrogen-bond acceptors (Lipinski definition) is 4. The molecular weight excluding hydrogens is 330 g/mol. The first-order chi connectivity index (χ1) is 11.2. The molecule has 1 N–H and O–H groups in total. The Morgan fingerprint density at radius 2 is 2.00 bits per heavy atom. The summed E-state index contributed by atoms with van der Waals surface area (Å²) < 4.78 is 10.4. The van der Waals surface area contributed by atoms with Crippen LogP contribution in [0.4, 0.5) is 4.79 Å². The lowest BCUT2D eigenvalue weighted by atomic mass is 9.96. The van der Waals surface area contributed by atoms with E-state index in [1.165, 1.54) is 0 Å². The minimum Gasteiger partial charge on any atom is -0.465 e. The van der Waals surface area contributed by atoms with Crippen molar-refractivity contribution in [1.82, 2.24) is 5.32 Å². The van der Waals surface area contributed by atoms with E-state index in [4.69, 9.17) is 21.1 Å². The number of rotatable bonds is 7. The van der Waals surface area contributed by atoms with Crippen LogP contribution in [0.15, 0.2) is 24.3 Å². The lowest BCUT2D eigenvalue weighted by Gasteiger charge is -2.21. The zero-order valence-corrected chi connectivity index (χ0v) is 15.5. The molecule has 0 radical (unpaired) electrons. The standard InChI is InChI=1S/C18H26ClNO4/c1-5-11-23-16(21)15(13-7-6-8-14(19)12-13)9-10-20-17(22)24-18(2,3)4/h6-8,12,15H,5,9-11H2,1-4H3,(H,20,22). The van der Waals surface area contributed by atoms with Crippen LogP contribution in [0.2, 0.25) is 5.02 Å². The minimum absolute atomic E-state index is 0.299. The third-order valence-electron chi connectivity index (χ3n) is 3.09. The minimum atomic E-state index is -0.559. The van der Waals surface area contributed by atoms with E-state index in [0.717, 1.165) is 12.0 Å². The van der Waals surface area contributed by atoms with Crippen molar-refractivity contribution in [2.24, 2.45) is 0 Å². The highest BCUT2D eigenvalue weighted by molar-refractivity contribution is 6.30. The number of alkyl carbamates (subject to hydrolysis) is 1. The lowest BCUT2D eigenvalue weighted by Crippen LogP contribution is -2.34. The van der Waals surface area contributed by atoms with Gasteiger partial charge in [0.25, 0.3) is 0 Å². The maximum absolute atomic E-state index is 12.3. The van der Waals surface area contributed by atoms with Crippen LogP contribution in [0.25, 0.3) is 0 Å². The fourth-order valence-electron chi connectivity index (χ4n) is 2.08. The third kappa shape index (κ3) is 7.68. The average molecular weight is 356 g/mol. The fourth-order valence-corrected chi connectivity index (χ4v) is 2.28. The molecule has 1 rings (SSSR count). The van der Waals surface area contributed by atoms with Crippen LogP contribution in [0.5, 0.6) is 0 Å². The smallest absolute Gasteiger partial charge is 0.407 e. The monoisotopic (exact) mass is 355 g/mol. The van der Waals surface area contributed by atoms with Crippen molar-refractivity contribution in [3.05, 3.63) is 34.9 Å². The molecule has 0 heterocycles. The van der Waals surface area contributed by atoms with Crippen LogP contribution in [0, 0.1) is 0 Å². The quantitative estimate of drug-likeness (QED) is 0.741. The molecule has 0 aliphatic heterocycles. The second kappa shape index (κ2) is 9.52. The van der Waals surface area contributed by atoms with Crippen LogP contribution in [-0.2, 0) is 14.3 Å². The van der Waals surface area contributed by atoms with E-state index in [-0.39, 0.29) is 5.97 Å². The van der Waals surface area contributed by atoms with Crippen LogP contribution in [0.3, 0.4) is 0 Å². The van der Waals surface area contributed by atoms with Gasteiger partial charge in [-0.2, -0.15) is 0 Å². The van der Waals surface area contributed by atoms with Crippen LogP contribution in [0.1, 0.15) is 52.0 Å². The van der Waals surface area contributed by atoms with E-state index < -0.39 is 17.6 Å². The molecule has 0 saturated heterocycles. The average Bonchev–Trinajstić information content (AvgIpc) is 2.47. The SMILES string of the molecule is CCCOC(=O)C(CCNC(=O)OC(C)(C)C)c1cccc(Cl)c1. The summed E-state index contributed by atoms with van der Waals surface area (Å²) >= 11 is 6.01. The Balaban J connectivity index is 2.69. The molecule has 0 aliphatic rings. The topological polar surface area (TPSA) is 64.6 Å². The molecule has 24 heavy (non-hydrogen) atoms. The van der Waals surface area contributed by atoms with Gasteiger partial charge in [-0.05, 0) is 51.3 Å². The van der Waals surface area contributed by atoms with Crippen molar-refractivity contribution >= 4 is 23.7 Å². The van der Waals surface area contributed by atoms with E-state index in [0.29, 0.717) is 24.6 Å². The van der Waals surface area contributed by atoms with Gasteiger partial charge in [0.1, 0.15) is 5.60 Å². The summed E-state index contributed by atoms with van der Waals surface area (Å²) in [6.45, 7) is 7.99. The third-order valence-corrected chi connectivity index (χ3v) is 3.32. The Labute approximate surface area is 148 Å². The van der Waals surface area contributed by atoms with Crippen molar-refractivity contribution in [3.8, 4) is 0 Å². The molecule has 1 atom stereocenters. The zero-order valence-electron chi connectivity index (χ0n) is 14.7. The predicted molar refractivity (Wildman–Crippen MR) is 94.3 cm³/mol. The second-order valence-corrected chi connectivity index (χ2v) is 6.93. The van der Waals surface area contributed by atoms with Gasteiger partial charge in [-0.1, -0.05) is 30.7 Å². The molecule has 0 spiro atoms. The number of carbonyl (C=O) groups is 2. The molecule has 1 aromatic carbocycles. The Morgan fingerprint density at radius 1 is 1.29 bits per heavy atom. The van der Waals surface area contributed by atoms with Gasteiger partial charge in [-0.15, -0.1) is 0 Å². The van der Waals surface area contributed by atoms with Gasteiger partial charge in [0.2, 0.25) is 0 Å². The summed E-state index contributed by atoms with van der Waals surface area (Å²) in [6.07, 6.45) is 0.654. The second-order valence-electron chi connectivity index (χ2n) is 6.49. The van der Waals surface area contributed by atoms with Gasteiger partial charge < -0.3 is 14.8 Å². The highest BCUT2D eigenvalue weighted by Crippen LogP contribution is 2.24. The Kier molecular flexibility index (Phi) is 8.05. The molecule has 1 unspecified atom stereocenters. The summed E-state index contributed by atoms with van der Waals surface area (Å²) in [5, 5.41) is 3.22. The molecule has 0 fully saturated rings. The van der Waals surface area contributed by atoms with Gasteiger partial charge in [0.05, 0.1) is 12.5 Å². The van der Waals surface area contributed by atoms with Crippen LogP contribution < -0.4 is 5.32 Å². The van der Waals surface area contributed by atoms with Crippen molar-refractivity contribution in [2.75, 3.05) is 13.2 Å². The number of amides is 1. The number of hydrogen-bond donors (Lipinski definition) is 1. The van der Waals surface area contributed by atoms with E-state index in [1.807, 2.05) is 13.0 Å². The van der Waals surface area contributed by atoms with Crippen LogP contribution in [-0.4, -0.2) is 30.8 Å². The first-order valence-corrected chi connectivity index (χ1v) is 8.49. The Morgan fingerprint density at radius 3 is 2.58 bits per heavy atom. The van der Waals surface area contributed by atoms with E-state index in [1.54, 1.807) is 39.0 Å². The van der Waals surface area contributed by atoms with E-state index in [9.17, 15) is 9.59 Å². The number of halogens is 1. The number of nitrogens with one attached hydrogen (secondary N) is 1. The Bertz CT molecular complexity index is 554. The van der Waals surface area contributed by atoms with Crippen molar-refractivity contribution in [1.29, 1.82) is 0 Å². The summed E-state index contributed by atoms with van der Waals surface area (Å²) in [5.41, 5.74) is 0.214. The summed E-state index contributed by atoms with van der Waals surface area (Å²) in [7, 11) is 0. The largest absolute Gasteiger partial charge is 0.465 e. The highest BCUT2D eigenvalue weighted by Gasteiger charge is 2.23. The highest BCUT2D eigenvalue weighted by atomic mass is 35.5.